The molecule has 0 saturated carbocycles. The lowest BCUT2D eigenvalue weighted by molar-refractivity contribution is 0.283. The predicted octanol–water partition coefficient (Wildman–Crippen LogP) is 22.6. The number of aromatic hydroxyl groups is 1. The van der Waals surface area contributed by atoms with Gasteiger partial charge in [0.2, 0.25) is 0 Å². The molecule has 0 aliphatic carbocycles. The molecule has 4 aromatic rings. The third kappa shape index (κ3) is 40.1. The van der Waals surface area contributed by atoms with Gasteiger partial charge in [-0.25, -0.2) is 0 Å². The predicted molar refractivity (Wildman–Crippen MR) is 358 cm³/mol. The molecule has 0 saturated heterocycles. The van der Waals surface area contributed by atoms with Crippen molar-refractivity contribution in [3.05, 3.63) is 96.3 Å². The number of hydrogen-bond donors (Lipinski definition) is 2. The summed E-state index contributed by atoms with van der Waals surface area (Å²) in [5.74, 6) is 1.09. The number of aliphatic hydroxyl groups is 1. The van der Waals surface area contributed by atoms with Gasteiger partial charge in [0.15, 0.2) is 0 Å². The Kier molecular flexibility index (Phi) is 41.4. The molecule has 2 N–H and O–H groups in total. The molecule has 440 valence electrons. The molecule has 0 aliphatic heterocycles. The summed E-state index contributed by atoms with van der Waals surface area (Å²) in [5, 5.41) is 18.0. The van der Waals surface area contributed by atoms with Crippen molar-refractivity contribution in [1.82, 2.24) is 9.97 Å². The molecule has 5 nitrogen and oxygen atoms in total. The second-order valence-corrected chi connectivity index (χ2v) is 48.2. The maximum atomic E-state index is 9.26. The Morgan fingerprint density at radius 3 is 1.14 bits per heavy atom. The maximum absolute atomic E-state index is 9.26. The molecule has 0 fully saturated rings. The van der Waals surface area contributed by atoms with Crippen molar-refractivity contribution in [3.8, 4) is 34.0 Å². The highest BCUT2D eigenvalue weighted by molar-refractivity contribution is 6.82. The van der Waals surface area contributed by atoms with Gasteiger partial charge in [0.25, 0.3) is 0 Å². The Balaban J connectivity index is 0.00000125. The lowest BCUT2D eigenvalue weighted by Crippen LogP contribution is -2.30. The first kappa shape index (κ1) is 74.2. The van der Waals surface area contributed by atoms with Crippen molar-refractivity contribution in [2.45, 2.75) is 285 Å². The maximum Gasteiger partial charge on any atom is 0.137 e. The summed E-state index contributed by atoms with van der Waals surface area (Å²) >= 11 is 0. The average Bonchev–Trinajstić information content (AvgIpc) is 3.37. The number of aryl methyl sites for hydroxylation is 2. The van der Waals surface area contributed by atoms with Crippen molar-refractivity contribution in [3.63, 3.8) is 0 Å². The SMILES string of the molecule is C.C.CCCCCCCCc1ccc(-c2ccc(O)cn2)cc1.CCCCCCCCc1ccc(-c2ccc(OCCCCCCCC[Si](C)(C)CC[Si](C)(C)C)cn2)cc1.C[Si](C)(C)CC[Si](C)(C)CCCCCCO. The summed E-state index contributed by atoms with van der Waals surface area (Å²) in [7, 11) is -3.56. The molecule has 9 heteroatoms. The van der Waals surface area contributed by atoms with Crippen LogP contribution in [0.2, 0.25) is 102 Å². The first-order chi connectivity index (χ1) is 35.7. The number of aromatic nitrogens is 2. The summed E-state index contributed by atoms with van der Waals surface area (Å²) in [4.78, 5) is 8.89. The van der Waals surface area contributed by atoms with Crippen LogP contribution in [0.5, 0.6) is 11.5 Å². The van der Waals surface area contributed by atoms with E-state index in [2.05, 4.69) is 150 Å². The van der Waals surface area contributed by atoms with Crippen LogP contribution in [0.15, 0.2) is 85.2 Å². The van der Waals surface area contributed by atoms with Crippen LogP contribution in [0.4, 0.5) is 0 Å². The summed E-state index contributed by atoms with van der Waals surface area (Å²) in [6, 6.07) is 34.4. The molecular formula is C68H124N2O3Si4. The largest absolute Gasteiger partial charge is 0.506 e. The Labute approximate surface area is 482 Å². The summed E-state index contributed by atoms with van der Waals surface area (Å²) < 4.78 is 5.97. The number of rotatable bonds is 38. The van der Waals surface area contributed by atoms with E-state index in [9.17, 15) is 5.11 Å². The zero-order valence-corrected chi connectivity index (χ0v) is 54.9. The van der Waals surface area contributed by atoms with Crippen molar-refractivity contribution in [2.24, 2.45) is 0 Å². The molecular weight excluding hydrogens is 1010 g/mol. The second kappa shape index (κ2) is 43.0. The van der Waals surface area contributed by atoms with Gasteiger partial charge in [-0.05, 0) is 73.9 Å². The number of unbranched alkanes of at least 4 members (excludes halogenated alkanes) is 18. The molecule has 0 unspecified atom stereocenters. The third-order valence-corrected chi connectivity index (χ3v) is 26.1. The van der Waals surface area contributed by atoms with Gasteiger partial charge < -0.3 is 14.9 Å². The Bertz CT molecular complexity index is 1960. The van der Waals surface area contributed by atoms with Crippen LogP contribution in [0.3, 0.4) is 0 Å². The van der Waals surface area contributed by atoms with Crippen molar-refractivity contribution in [2.75, 3.05) is 13.2 Å². The van der Waals surface area contributed by atoms with Crippen LogP contribution in [0.25, 0.3) is 22.5 Å². The van der Waals surface area contributed by atoms with Gasteiger partial charge >= 0.3 is 0 Å². The standard InChI is InChI=1S/C34H59NOSi2.C19H25NO.C13H32OSi2.2CH4/c1-7-8-9-10-13-16-19-31-20-22-32(23-21-31)34-25-24-33(30-35-34)36-26-17-14-11-12-15-18-27-38(5,6)29-28-37(2,3)4;1-2-3-4-5-6-7-8-16-9-11-17(12-10-16)19-14-13-18(21)15-20-19;1-15(2,3)12-13-16(4,5)11-9-7-6-8-10-14;;/h20-25,30H,7-19,26-29H2,1-6H3;9-15,21H,2-8H2,1H3;14H,6-13H2,1-5H3;2*1H4. The highest BCUT2D eigenvalue weighted by Crippen LogP contribution is 2.28. The molecule has 0 radical (unpaired) electrons. The van der Waals surface area contributed by atoms with E-state index in [0.717, 1.165) is 48.6 Å². The topological polar surface area (TPSA) is 75.5 Å². The minimum Gasteiger partial charge on any atom is -0.506 e. The monoisotopic (exact) mass is 1130 g/mol. The van der Waals surface area contributed by atoms with E-state index < -0.39 is 32.3 Å². The van der Waals surface area contributed by atoms with Crippen molar-refractivity contribution in [1.29, 1.82) is 0 Å². The van der Waals surface area contributed by atoms with Gasteiger partial charge in [0.05, 0.1) is 30.4 Å². The summed E-state index contributed by atoms with van der Waals surface area (Å²) in [6.45, 7) is 31.0. The van der Waals surface area contributed by atoms with Crippen molar-refractivity contribution < 1.29 is 14.9 Å². The molecule has 2 aromatic heterocycles. The van der Waals surface area contributed by atoms with Crippen LogP contribution >= 0.6 is 0 Å². The fourth-order valence-electron chi connectivity index (χ4n) is 9.44. The number of nitrogens with zero attached hydrogens (tertiary/aromatic N) is 2. The minimum absolute atomic E-state index is 0. The molecule has 4 rings (SSSR count). The first-order valence-electron chi connectivity index (χ1n) is 30.8. The van der Waals surface area contributed by atoms with E-state index in [1.807, 2.05) is 12.3 Å². The van der Waals surface area contributed by atoms with Gasteiger partial charge in [0.1, 0.15) is 11.5 Å². The molecule has 0 atom stereocenters. The molecule has 0 spiro atoms. The second-order valence-electron chi connectivity index (χ2n) is 26.3. The molecule has 0 aliphatic rings. The first-order valence-corrected chi connectivity index (χ1v) is 45.0. The number of pyridine rings is 2. The average molecular weight is 1130 g/mol. The van der Waals surface area contributed by atoms with E-state index in [-0.39, 0.29) is 20.6 Å². The van der Waals surface area contributed by atoms with Crippen LogP contribution in [0, 0.1) is 0 Å². The van der Waals surface area contributed by atoms with E-state index in [1.54, 1.807) is 12.1 Å². The highest BCUT2D eigenvalue weighted by Gasteiger charge is 2.25. The Morgan fingerprint density at radius 1 is 0.390 bits per heavy atom. The Morgan fingerprint density at radius 2 is 0.766 bits per heavy atom. The number of hydrogen-bond acceptors (Lipinski definition) is 5. The fraction of sp³-hybridized carbons (Fsp3) is 0.676. The van der Waals surface area contributed by atoms with Gasteiger partial charge in [-0.3, -0.25) is 9.97 Å². The molecule has 0 amide bonds. The van der Waals surface area contributed by atoms with Crippen LogP contribution in [0.1, 0.15) is 181 Å². The minimum atomic E-state index is -0.962. The lowest BCUT2D eigenvalue weighted by atomic mass is 10.0. The molecule has 77 heavy (non-hydrogen) atoms. The van der Waals surface area contributed by atoms with Crippen LogP contribution in [-0.4, -0.2) is 65.7 Å². The van der Waals surface area contributed by atoms with Crippen molar-refractivity contribution >= 4 is 32.3 Å². The number of ether oxygens (including phenoxy) is 1. The quantitative estimate of drug-likeness (QED) is 0.0345. The van der Waals surface area contributed by atoms with E-state index in [1.165, 1.54) is 188 Å². The van der Waals surface area contributed by atoms with E-state index in [0.29, 0.717) is 6.61 Å². The van der Waals surface area contributed by atoms with Gasteiger partial charge in [0, 0.05) is 50.0 Å². The zero-order chi connectivity index (χ0) is 55.3. The number of benzene rings is 2. The Hall–Kier alpha value is -2.83. The van der Waals surface area contributed by atoms with E-state index >= 15 is 0 Å². The van der Waals surface area contributed by atoms with E-state index in [4.69, 9.17) is 9.84 Å². The summed E-state index contributed by atoms with van der Waals surface area (Å²) in [6.07, 6.45) is 34.8. The molecule has 2 heterocycles. The third-order valence-electron chi connectivity index (χ3n) is 15.0. The van der Waals surface area contributed by atoms with Gasteiger partial charge in [-0.1, -0.05) is 295 Å². The molecule has 2 aromatic carbocycles. The molecule has 0 bridgehead atoms. The normalized spacial score (nSPS) is 11.6. The highest BCUT2D eigenvalue weighted by atomic mass is 28.3. The fourth-order valence-corrected chi connectivity index (χ4v) is 23.8. The van der Waals surface area contributed by atoms with Gasteiger partial charge in [-0.15, -0.1) is 0 Å². The smallest absolute Gasteiger partial charge is 0.137 e. The lowest BCUT2D eigenvalue weighted by Gasteiger charge is -2.26. The van der Waals surface area contributed by atoms with Crippen LogP contribution in [-0.2, 0) is 12.8 Å². The summed E-state index contributed by atoms with van der Waals surface area (Å²) in [5.41, 5.74) is 7.04. The van der Waals surface area contributed by atoms with Crippen LogP contribution < -0.4 is 4.74 Å². The van der Waals surface area contributed by atoms with Gasteiger partial charge in [-0.2, -0.15) is 0 Å². The number of aliphatic hydroxyl groups excluding tert-OH is 1. The zero-order valence-electron chi connectivity index (χ0n) is 50.9.